The number of carbonyl (C=O) groups excluding carboxylic acids is 2. The van der Waals surface area contributed by atoms with Gasteiger partial charge >= 0.3 is 0 Å². The van der Waals surface area contributed by atoms with Crippen molar-refractivity contribution in [3.63, 3.8) is 0 Å². The number of aromatic nitrogens is 1. The van der Waals surface area contributed by atoms with E-state index in [2.05, 4.69) is 10.5 Å². The molecule has 3 aromatic rings. The minimum Gasteiger partial charge on any atom is -0.363 e. The molecule has 0 spiro atoms. The van der Waals surface area contributed by atoms with Gasteiger partial charge in [-0.05, 0) is 29.2 Å². The van der Waals surface area contributed by atoms with E-state index in [1.807, 2.05) is 56.3 Å². The SMILES string of the molecule is CC(C)CN(CC(=O)Nc1ccon1)C(=O)c1ccc(-c2ccccc2)cc1. The average Bonchev–Trinajstić information content (AvgIpc) is 3.20. The summed E-state index contributed by atoms with van der Waals surface area (Å²) in [6.07, 6.45) is 1.38. The Bertz CT molecular complexity index is 904. The van der Waals surface area contributed by atoms with E-state index < -0.39 is 0 Å². The molecule has 1 N–H and O–H groups in total. The van der Waals surface area contributed by atoms with Gasteiger partial charge in [0.2, 0.25) is 5.91 Å². The smallest absolute Gasteiger partial charge is 0.254 e. The van der Waals surface area contributed by atoms with Gasteiger partial charge in [-0.1, -0.05) is 61.5 Å². The molecule has 0 atom stereocenters. The number of amides is 2. The molecule has 0 unspecified atom stereocenters. The fourth-order valence-electron chi connectivity index (χ4n) is 2.91. The molecular formula is C22H23N3O3. The first-order valence-electron chi connectivity index (χ1n) is 9.18. The molecule has 0 bridgehead atoms. The molecule has 28 heavy (non-hydrogen) atoms. The van der Waals surface area contributed by atoms with Crippen molar-refractivity contribution in [1.82, 2.24) is 10.1 Å². The van der Waals surface area contributed by atoms with Crippen LogP contribution in [0.25, 0.3) is 11.1 Å². The van der Waals surface area contributed by atoms with E-state index in [0.29, 0.717) is 17.9 Å². The summed E-state index contributed by atoms with van der Waals surface area (Å²) in [5, 5.41) is 6.28. The van der Waals surface area contributed by atoms with Gasteiger partial charge in [0.15, 0.2) is 5.82 Å². The van der Waals surface area contributed by atoms with Gasteiger partial charge in [0.05, 0.1) is 0 Å². The Balaban J connectivity index is 1.72. The molecule has 0 aliphatic rings. The number of benzene rings is 2. The highest BCUT2D eigenvalue weighted by atomic mass is 16.5. The first-order valence-corrected chi connectivity index (χ1v) is 9.18. The second kappa shape index (κ2) is 8.99. The topological polar surface area (TPSA) is 75.4 Å². The highest BCUT2D eigenvalue weighted by Gasteiger charge is 2.20. The number of nitrogens with zero attached hydrogens (tertiary/aromatic N) is 2. The predicted molar refractivity (Wildman–Crippen MR) is 108 cm³/mol. The van der Waals surface area contributed by atoms with Crippen LogP contribution in [-0.4, -0.2) is 35.0 Å². The van der Waals surface area contributed by atoms with Crippen LogP contribution in [0.5, 0.6) is 0 Å². The van der Waals surface area contributed by atoms with Crippen molar-refractivity contribution in [2.24, 2.45) is 5.92 Å². The third kappa shape index (κ3) is 5.07. The summed E-state index contributed by atoms with van der Waals surface area (Å²) in [7, 11) is 0. The van der Waals surface area contributed by atoms with Gasteiger partial charge in [-0.2, -0.15) is 0 Å². The molecule has 0 radical (unpaired) electrons. The lowest BCUT2D eigenvalue weighted by molar-refractivity contribution is -0.117. The van der Waals surface area contributed by atoms with E-state index in [4.69, 9.17) is 4.52 Å². The molecule has 0 fully saturated rings. The molecule has 0 aliphatic carbocycles. The Hall–Kier alpha value is -3.41. The van der Waals surface area contributed by atoms with E-state index in [1.165, 1.54) is 6.26 Å². The minimum atomic E-state index is -0.316. The monoisotopic (exact) mass is 377 g/mol. The van der Waals surface area contributed by atoms with Gasteiger partial charge in [-0.25, -0.2) is 0 Å². The minimum absolute atomic E-state index is 0.0513. The van der Waals surface area contributed by atoms with Crippen molar-refractivity contribution in [2.75, 3.05) is 18.4 Å². The molecule has 144 valence electrons. The number of anilines is 1. The molecule has 1 heterocycles. The van der Waals surface area contributed by atoms with Crippen LogP contribution < -0.4 is 5.32 Å². The van der Waals surface area contributed by atoms with Gasteiger partial charge in [0.25, 0.3) is 5.91 Å². The van der Waals surface area contributed by atoms with E-state index in [9.17, 15) is 9.59 Å². The zero-order chi connectivity index (χ0) is 19.9. The van der Waals surface area contributed by atoms with Crippen LogP contribution >= 0.6 is 0 Å². The lowest BCUT2D eigenvalue weighted by Crippen LogP contribution is -2.40. The van der Waals surface area contributed by atoms with Crippen LogP contribution in [0.3, 0.4) is 0 Å². The van der Waals surface area contributed by atoms with E-state index in [1.54, 1.807) is 23.1 Å². The third-order valence-corrected chi connectivity index (χ3v) is 4.15. The maximum Gasteiger partial charge on any atom is 0.254 e. The number of rotatable bonds is 7. The van der Waals surface area contributed by atoms with Gasteiger partial charge in [-0.3, -0.25) is 9.59 Å². The zero-order valence-electron chi connectivity index (χ0n) is 16.0. The summed E-state index contributed by atoms with van der Waals surface area (Å²) >= 11 is 0. The number of nitrogens with one attached hydrogen (secondary N) is 1. The lowest BCUT2D eigenvalue weighted by atomic mass is 10.0. The second-order valence-corrected chi connectivity index (χ2v) is 6.96. The maximum absolute atomic E-state index is 13.0. The summed E-state index contributed by atoms with van der Waals surface area (Å²) in [6, 6.07) is 19.0. The summed E-state index contributed by atoms with van der Waals surface area (Å²) in [6.45, 7) is 4.44. The Labute approximate surface area is 164 Å². The van der Waals surface area contributed by atoms with Gasteiger partial charge < -0.3 is 14.7 Å². The van der Waals surface area contributed by atoms with Crippen molar-refractivity contribution < 1.29 is 14.1 Å². The Morgan fingerprint density at radius 2 is 1.68 bits per heavy atom. The molecule has 0 aliphatic heterocycles. The quantitative estimate of drug-likeness (QED) is 0.673. The van der Waals surface area contributed by atoms with Crippen molar-refractivity contribution >= 4 is 17.6 Å². The molecule has 1 aromatic heterocycles. The predicted octanol–water partition coefficient (Wildman–Crippen LogP) is 4.08. The number of hydrogen-bond donors (Lipinski definition) is 1. The highest BCUT2D eigenvalue weighted by Crippen LogP contribution is 2.20. The Morgan fingerprint density at radius 3 is 2.29 bits per heavy atom. The molecule has 3 rings (SSSR count). The Morgan fingerprint density at radius 1 is 1.00 bits per heavy atom. The average molecular weight is 377 g/mol. The number of carbonyl (C=O) groups is 2. The van der Waals surface area contributed by atoms with Crippen molar-refractivity contribution in [3.8, 4) is 11.1 Å². The summed E-state index contributed by atoms with van der Waals surface area (Å²) < 4.78 is 4.70. The summed E-state index contributed by atoms with van der Waals surface area (Å²) in [4.78, 5) is 26.8. The molecule has 6 heteroatoms. The van der Waals surface area contributed by atoms with Crippen LogP contribution in [0, 0.1) is 5.92 Å². The van der Waals surface area contributed by atoms with Crippen LogP contribution in [0.15, 0.2) is 71.4 Å². The normalized spacial score (nSPS) is 10.7. The highest BCUT2D eigenvalue weighted by molar-refractivity contribution is 5.99. The molecule has 0 saturated heterocycles. The van der Waals surface area contributed by atoms with Crippen molar-refractivity contribution in [2.45, 2.75) is 13.8 Å². The molecule has 2 aromatic carbocycles. The lowest BCUT2D eigenvalue weighted by Gasteiger charge is -2.24. The van der Waals surface area contributed by atoms with Gasteiger partial charge in [0.1, 0.15) is 12.8 Å². The Kier molecular flexibility index (Phi) is 6.22. The van der Waals surface area contributed by atoms with Gasteiger partial charge in [0, 0.05) is 18.2 Å². The summed E-state index contributed by atoms with van der Waals surface area (Å²) in [5.74, 6) is 0.0639. The fraction of sp³-hybridized carbons (Fsp3) is 0.227. The van der Waals surface area contributed by atoms with Crippen LogP contribution in [0.2, 0.25) is 0 Å². The molecular weight excluding hydrogens is 354 g/mol. The third-order valence-electron chi connectivity index (χ3n) is 4.15. The number of hydrogen-bond acceptors (Lipinski definition) is 4. The maximum atomic E-state index is 13.0. The van der Waals surface area contributed by atoms with Crippen LogP contribution in [0.4, 0.5) is 5.82 Å². The van der Waals surface area contributed by atoms with Crippen LogP contribution in [0.1, 0.15) is 24.2 Å². The molecule has 0 saturated carbocycles. The van der Waals surface area contributed by atoms with Crippen LogP contribution in [-0.2, 0) is 4.79 Å². The molecule has 2 amide bonds. The van der Waals surface area contributed by atoms with Crippen molar-refractivity contribution in [1.29, 1.82) is 0 Å². The fourth-order valence-corrected chi connectivity index (χ4v) is 2.91. The van der Waals surface area contributed by atoms with E-state index in [0.717, 1.165) is 11.1 Å². The second-order valence-electron chi connectivity index (χ2n) is 6.96. The summed E-state index contributed by atoms with van der Waals surface area (Å²) in [5.41, 5.74) is 2.68. The first kappa shape index (κ1) is 19.4. The standard InChI is InChI=1S/C22H23N3O3/c1-16(2)14-25(15-21(26)23-20-12-13-28-24-20)22(27)19-10-8-18(9-11-19)17-6-4-3-5-7-17/h3-13,16H,14-15H2,1-2H3,(H,23,24,26). The molecule has 6 nitrogen and oxygen atoms in total. The van der Waals surface area contributed by atoms with Crippen molar-refractivity contribution in [3.05, 3.63) is 72.5 Å². The van der Waals surface area contributed by atoms with E-state index >= 15 is 0 Å². The van der Waals surface area contributed by atoms with E-state index in [-0.39, 0.29) is 24.3 Å². The zero-order valence-corrected chi connectivity index (χ0v) is 16.0. The first-order chi connectivity index (χ1) is 13.5. The van der Waals surface area contributed by atoms with Gasteiger partial charge in [-0.15, -0.1) is 0 Å². The largest absolute Gasteiger partial charge is 0.363 e.